The second-order valence-electron chi connectivity index (χ2n) is 2.18. The molecular weight excluding hydrogens is 166 g/mol. The van der Waals surface area contributed by atoms with Crippen LogP contribution >= 0.6 is 0 Å². The monoisotopic (exact) mass is 183 g/mol. The number of aromatic nitrogens is 3. The SMILES string of the molecule is CC.CCc1nnc(C)c(OC)n1. The third-order valence-electron chi connectivity index (χ3n) is 1.37. The molecule has 0 aromatic carbocycles. The van der Waals surface area contributed by atoms with E-state index in [2.05, 4.69) is 15.2 Å². The van der Waals surface area contributed by atoms with Gasteiger partial charge in [-0.3, -0.25) is 0 Å². The van der Waals surface area contributed by atoms with Gasteiger partial charge in [-0.05, 0) is 6.92 Å². The van der Waals surface area contributed by atoms with Crippen molar-refractivity contribution < 1.29 is 4.74 Å². The number of aryl methyl sites for hydroxylation is 2. The van der Waals surface area contributed by atoms with Crippen molar-refractivity contribution in [2.75, 3.05) is 7.11 Å². The fourth-order valence-electron chi connectivity index (χ4n) is 0.739. The lowest BCUT2D eigenvalue weighted by atomic mass is 10.4. The second-order valence-corrected chi connectivity index (χ2v) is 2.18. The van der Waals surface area contributed by atoms with Crippen molar-refractivity contribution in [3.05, 3.63) is 11.5 Å². The number of ether oxygens (including phenoxy) is 1. The predicted molar refractivity (Wildman–Crippen MR) is 51.8 cm³/mol. The number of methoxy groups -OCH3 is 1. The minimum Gasteiger partial charge on any atom is -0.480 e. The summed E-state index contributed by atoms with van der Waals surface area (Å²) < 4.78 is 4.97. The first-order chi connectivity index (χ1) is 6.27. The first-order valence-electron chi connectivity index (χ1n) is 4.52. The lowest BCUT2D eigenvalue weighted by molar-refractivity contribution is 0.386. The van der Waals surface area contributed by atoms with Crippen molar-refractivity contribution in [2.45, 2.75) is 34.1 Å². The van der Waals surface area contributed by atoms with Gasteiger partial charge in [0.05, 0.1) is 7.11 Å². The average Bonchev–Trinajstić information content (AvgIpc) is 2.22. The van der Waals surface area contributed by atoms with Crippen LogP contribution in [0.5, 0.6) is 5.88 Å². The molecule has 4 heteroatoms. The van der Waals surface area contributed by atoms with Gasteiger partial charge in [0.1, 0.15) is 5.69 Å². The topological polar surface area (TPSA) is 47.9 Å². The first-order valence-corrected chi connectivity index (χ1v) is 4.52. The Morgan fingerprint density at radius 1 is 1.23 bits per heavy atom. The van der Waals surface area contributed by atoms with Gasteiger partial charge in [-0.2, -0.15) is 4.98 Å². The molecule has 0 atom stereocenters. The molecule has 0 bridgehead atoms. The summed E-state index contributed by atoms with van der Waals surface area (Å²) in [6, 6.07) is 0. The Morgan fingerprint density at radius 2 is 1.85 bits per heavy atom. The summed E-state index contributed by atoms with van der Waals surface area (Å²) in [6.07, 6.45) is 0.781. The molecule has 1 heterocycles. The summed E-state index contributed by atoms with van der Waals surface area (Å²) in [5.41, 5.74) is 0.727. The van der Waals surface area contributed by atoms with Crippen LogP contribution in [0.1, 0.15) is 32.3 Å². The molecule has 0 amide bonds. The largest absolute Gasteiger partial charge is 0.480 e. The molecule has 1 rings (SSSR count). The van der Waals surface area contributed by atoms with Crippen molar-refractivity contribution in [3.63, 3.8) is 0 Å². The Labute approximate surface area is 79.4 Å². The van der Waals surface area contributed by atoms with Gasteiger partial charge >= 0.3 is 0 Å². The van der Waals surface area contributed by atoms with Crippen LogP contribution in [0.2, 0.25) is 0 Å². The van der Waals surface area contributed by atoms with E-state index in [1.807, 2.05) is 27.7 Å². The zero-order chi connectivity index (χ0) is 10.3. The molecule has 0 aliphatic rings. The Kier molecular flexibility index (Phi) is 5.76. The van der Waals surface area contributed by atoms with E-state index in [0.717, 1.165) is 12.1 Å². The zero-order valence-electron chi connectivity index (χ0n) is 8.96. The summed E-state index contributed by atoms with van der Waals surface area (Å²) in [5.74, 6) is 1.28. The molecule has 1 aromatic rings. The minimum atomic E-state index is 0.567. The summed E-state index contributed by atoms with van der Waals surface area (Å²) in [4.78, 5) is 4.11. The Morgan fingerprint density at radius 3 is 2.31 bits per heavy atom. The van der Waals surface area contributed by atoms with Crippen molar-refractivity contribution in [1.82, 2.24) is 15.2 Å². The Balaban J connectivity index is 0.000000671. The molecule has 0 saturated heterocycles. The van der Waals surface area contributed by atoms with Gasteiger partial charge in [0.25, 0.3) is 0 Å². The second kappa shape index (κ2) is 6.34. The quantitative estimate of drug-likeness (QED) is 0.701. The van der Waals surface area contributed by atoms with Gasteiger partial charge in [0.15, 0.2) is 5.82 Å². The molecule has 4 nitrogen and oxygen atoms in total. The zero-order valence-corrected chi connectivity index (χ0v) is 8.96. The van der Waals surface area contributed by atoms with Crippen molar-refractivity contribution in [3.8, 4) is 5.88 Å². The van der Waals surface area contributed by atoms with Crippen molar-refractivity contribution in [2.24, 2.45) is 0 Å². The van der Waals surface area contributed by atoms with Crippen LogP contribution in [0.4, 0.5) is 0 Å². The van der Waals surface area contributed by atoms with Crippen molar-refractivity contribution >= 4 is 0 Å². The average molecular weight is 183 g/mol. The van der Waals surface area contributed by atoms with E-state index >= 15 is 0 Å². The van der Waals surface area contributed by atoms with Crippen LogP contribution in [0.25, 0.3) is 0 Å². The van der Waals surface area contributed by atoms with Crippen LogP contribution in [-0.2, 0) is 6.42 Å². The van der Waals surface area contributed by atoms with E-state index in [0.29, 0.717) is 11.7 Å². The molecule has 0 aliphatic carbocycles. The number of hydrogen-bond acceptors (Lipinski definition) is 4. The molecule has 0 N–H and O–H groups in total. The summed E-state index contributed by atoms with van der Waals surface area (Å²) in [6.45, 7) is 7.80. The van der Waals surface area contributed by atoms with E-state index in [9.17, 15) is 0 Å². The van der Waals surface area contributed by atoms with Gasteiger partial charge in [-0.1, -0.05) is 20.8 Å². The lowest BCUT2D eigenvalue weighted by Crippen LogP contribution is -2.01. The number of hydrogen-bond donors (Lipinski definition) is 0. The van der Waals surface area contributed by atoms with Crippen molar-refractivity contribution in [1.29, 1.82) is 0 Å². The van der Waals surface area contributed by atoms with E-state index in [1.54, 1.807) is 7.11 Å². The molecular formula is C9H17N3O. The highest BCUT2D eigenvalue weighted by atomic mass is 16.5. The summed E-state index contributed by atoms with van der Waals surface area (Å²) in [5, 5.41) is 7.75. The fourth-order valence-corrected chi connectivity index (χ4v) is 0.739. The molecule has 0 unspecified atom stereocenters. The molecule has 1 aromatic heterocycles. The van der Waals surface area contributed by atoms with E-state index in [1.165, 1.54) is 0 Å². The Hall–Kier alpha value is -1.19. The van der Waals surface area contributed by atoms with Gasteiger partial charge in [-0.25, -0.2) is 0 Å². The standard InChI is InChI=1S/C7H11N3O.C2H6/c1-4-6-8-7(11-3)5(2)9-10-6;1-2/h4H2,1-3H3;1-2H3. The molecule has 0 fully saturated rings. The third kappa shape index (κ3) is 3.36. The summed E-state index contributed by atoms with van der Waals surface area (Å²) in [7, 11) is 1.58. The number of rotatable bonds is 2. The van der Waals surface area contributed by atoms with Crippen LogP contribution < -0.4 is 4.74 Å². The van der Waals surface area contributed by atoms with Crippen LogP contribution in [0.15, 0.2) is 0 Å². The van der Waals surface area contributed by atoms with Gasteiger partial charge in [0, 0.05) is 6.42 Å². The maximum atomic E-state index is 4.97. The highest BCUT2D eigenvalue weighted by Crippen LogP contribution is 2.08. The normalized spacial score (nSPS) is 8.69. The smallest absolute Gasteiger partial charge is 0.238 e. The third-order valence-corrected chi connectivity index (χ3v) is 1.37. The fraction of sp³-hybridized carbons (Fsp3) is 0.667. The number of nitrogens with zero attached hydrogens (tertiary/aromatic N) is 3. The highest BCUT2D eigenvalue weighted by molar-refractivity contribution is 5.14. The van der Waals surface area contributed by atoms with Gasteiger partial charge < -0.3 is 4.74 Å². The van der Waals surface area contributed by atoms with Crippen LogP contribution in [-0.4, -0.2) is 22.3 Å². The molecule has 13 heavy (non-hydrogen) atoms. The summed E-state index contributed by atoms with van der Waals surface area (Å²) >= 11 is 0. The predicted octanol–water partition coefficient (Wildman–Crippen LogP) is 1.78. The molecule has 0 radical (unpaired) electrons. The molecule has 0 saturated carbocycles. The maximum Gasteiger partial charge on any atom is 0.238 e. The van der Waals surface area contributed by atoms with Gasteiger partial charge in [-0.15, -0.1) is 10.2 Å². The molecule has 0 spiro atoms. The lowest BCUT2D eigenvalue weighted by Gasteiger charge is -2.01. The maximum absolute atomic E-state index is 4.97. The van der Waals surface area contributed by atoms with E-state index in [-0.39, 0.29) is 0 Å². The van der Waals surface area contributed by atoms with Gasteiger partial charge in [0.2, 0.25) is 5.88 Å². The van der Waals surface area contributed by atoms with E-state index < -0.39 is 0 Å². The first kappa shape index (κ1) is 11.8. The molecule has 0 aliphatic heterocycles. The minimum absolute atomic E-state index is 0.567. The van der Waals surface area contributed by atoms with Crippen LogP contribution in [0, 0.1) is 6.92 Å². The van der Waals surface area contributed by atoms with Crippen LogP contribution in [0.3, 0.4) is 0 Å². The highest BCUT2D eigenvalue weighted by Gasteiger charge is 2.02. The Bertz CT molecular complexity index is 251. The molecule has 74 valence electrons. The van der Waals surface area contributed by atoms with E-state index in [4.69, 9.17) is 4.74 Å².